The number of allylic oxidation sites excluding steroid dienone is 1. The van der Waals surface area contributed by atoms with Gasteiger partial charge in [-0.3, -0.25) is 0 Å². The molecule has 0 aromatic carbocycles. The molecule has 0 rings (SSSR count). The van der Waals surface area contributed by atoms with Crippen molar-refractivity contribution in [3.8, 4) is 0 Å². The molecule has 0 aliphatic rings. The fourth-order valence-corrected chi connectivity index (χ4v) is 0.118. The van der Waals surface area contributed by atoms with Crippen LogP contribution in [0.5, 0.6) is 0 Å². The predicted molar refractivity (Wildman–Crippen MR) is 22.5 cm³/mol. The zero-order valence-electron chi connectivity index (χ0n) is 3.36. The van der Waals surface area contributed by atoms with Gasteiger partial charge in [-0.15, -0.1) is 0 Å². The van der Waals surface area contributed by atoms with E-state index in [1.165, 1.54) is 6.20 Å². The first-order chi connectivity index (χ1) is 2.41. The molecule has 0 aromatic rings. The van der Waals surface area contributed by atoms with E-state index in [4.69, 9.17) is 5.73 Å². The topological polar surface area (TPSA) is 23.8 Å². The fourth-order valence-electron chi connectivity index (χ4n) is 0.118. The summed E-state index contributed by atoms with van der Waals surface area (Å²) in [4.78, 5) is 0. The van der Waals surface area contributed by atoms with E-state index in [-0.39, 0.29) is 0 Å². The standard InChI is InChI=1S/C4H8N/c1-2-3-4-5/h3-5H,2H2,1H3/b4-3+. The van der Waals surface area contributed by atoms with E-state index in [1.807, 2.05) is 6.92 Å². The zero-order chi connectivity index (χ0) is 4.12. The van der Waals surface area contributed by atoms with Gasteiger partial charge in [0.25, 0.3) is 0 Å². The molecule has 0 amide bonds. The Morgan fingerprint density at radius 2 is 2.40 bits per heavy atom. The minimum Gasteiger partial charge on any atom is -0.309 e. The molecule has 0 spiro atoms. The average molecular weight is 70.1 g/mol. The van der Waals surface area contributed by atoms with Crippen LogP contribution in [0.25, 0.3) is 0 Å². The molecule has 0 aromatic heterocycles. The maximum absolute atomic E-state index is 6.42. The molecule has 0 atom stereocenters. The van der Waals surface area contributed by atoms with Crippen molar-refractivity contribution in [3.63, 3.8) is 0 Å². The largest absolute Gasteiger partial charge is 0.309 e. The molecule has 0 aliphatic heterocycles. The van der Waals surface area contributed by atoms with Crippen molar-refractivity contribution >= 4 is 0 Å². The number of hydrogen-bond donors (Lipinski definition) is 0. The summed E-state index contributed by atoms with van der Waals surface area (Å²) in [6, 6.07) is 0. The van der Waals surface area contributed by atoms with Crippen LogP contribution in [0.1, 0.15) is 13.3 Å². The van der Waals surface area contributed by atoms with Crippen molar-refractivity contribution < 1.29 is 0 Å². The van der Waals surface area contributed by atoms with Crippen LogP contribution in [-0.2, 0) is 0 Å². The molecule has 1 nitrogen and oxygen atoms in total. The third kappa shape index (κ3) is 3.54. The Bertz CT molecular complexity index is 30.6. The molecule has 1 N–H and O–H groups in total. The van der Waals surface area contributed by atoms with Crippen LogP contribution < -0.4 is 5.73 Å². The van der Waals surface area contributed by atoms with Crippen molar-refractivity contribution in [2.24, 2.45) is 0 Å². The van der Waals surface area contributed by atoms with Crippen molar-refractivity contribution in [1.82, 2.24) is 5.73 Å². The summed E-state index contributed by atoms with van der Waals surface area (Å²) in [6.07, 6.45) is 4.07. The van der Waals surface area contributed by atoms with Crippen molar-refractivity contribution in [3.05, 3.63) is 12.3 Å². The normalized spacial score (nSPS) is 9.80. The third-order valence-corrected chi connectivity index (χ3v) is 0.354. The molecule has 0 saturated heterocycles. The minimum absolute atomic E-state index is 0.976. The Kier molecular flexibility index (Phi) is 3.21. The molecule has 0 heterocycles. The highest BCUT2D eigenvalue weighted by Gasteiger charge is 1.53. The van der Waals surface area contributed by atoms with Crippen molar-refractivity contribution in [2.45, 2.75) is 13.3 Å². The van der Waals surface area contributed by atoms with Gasteiger partial charge in [0, 0.05) is 6.20 Å². The first-order valence-corrected chi connectivity index (χ1v) is 1.74. The van der Waals surface area contributed by atoms with Gasteiger partial charge in [0.1, 0.15) is 0 Å². The molecular formula is C4H8N. The predicted octanol–water partition coefficient (Wildman–Crippen LogP) is 1.19. The van der Waals surface area contributed by atoms with Gasteiger partial charge >= 0.3 is 0 Å². The first kappa shape index (κ1) is 4.54. The lowest BCUT2D eigenvalue weighted by molar-refractivity contribution is 1.21. The second-order valence-corrected chi connectivity index (χ2v) is 0.811. The highest BCUT2D eigenvalue weighted by molar-refractivity contribution is 4.71. The lowest BCUT2D eigenvalue weighted by Crippen LogP contribution is -1.51. The van der Waals surface area contributed by atoms with Gasteiger partial charge in [0.2, 0.25) is 0 Å². The first-order valence-electron chi connectivity index (χ1n) is 1.74. The summed E-state index contributed by atoms with van der Waals surface area (Å²) in [5.74, 6) is 0. The van der Waals surface area contributed by atoms with Gasteiger partial charge in [-0.1, -0.05) is 13.0 Å². The summed E-state index contributed by atoms with van der Waals surface area (Å²) >= 11 is 0. The van der Waals surface area contributed by atoms with Gasteiger partial charge < -0.3 is 5.73 Å². The molecular weight excluding hydrogens is 62.1 g/mol. The summed E-state index contributed by atoms with van der Waals surface area (Å²) in [5, 5.41) is 0. The average Bonchev–Trinajstić information content (AvgIpc) is 1.41. The van der Waals surface area contributed by atoms with E-state index in [2.05, 4.69) is 0 Å². The SMILES string of the molecule is CC/C=C/[NH]. The summed E-state index contributed by atoms with van der Waals surface area (Å²) < 4.78 is 0. The molecule has 0 saturated carbocycles. The molecule has 0 bridgehead atoms. The second kappa shape index (κ2) is 3.54. The highest BCUT2D eigenvalue weighted by atomic mass is 14.5. The molecule has 1 heteroatoms. The summed E-state index contributed by atoms with van der Waals surface area (Å²) in [7, 11) is 0. The minimum atomic E-state index is 0.976. The maximum atomic E-state index is 6.42. The van der Waals surface area contributed by atoms with E-state index >= 15 is 0 Å². The summed E-state index contributed by atoms with van der Waals surface area (Å²) in [6.45, 7) is 2.00. The van der Waals surface area contributed by atoms with Crippen LogP contribution >= 0.6 is 0 Å². The van der Waals surface area contributed by atoms with Gasteiger partial charge in [0.15, 0.2) is 0 Å². The molecule has 1 radical (unpaired) electrons. The zero-order valence-corrected chi connectivity index (χ0v) is 3.36. The Labute approximate surface area is 32.5 Å². The smallest absolute Gasteiger partial charge is 0.0137 e. The van der Waals surface area contributed by atoms with E-state index in [0.717, 1.165) is 6.42 Å². The van der Waals surface area contributed by atoms with Gasteiger partial charge in [0.05, 0.1) is 0 Å². The number of rotatable bonds is 1. The van der Waals surface area contributed by atoms with Crippen LogP contribution in [0.4, 0.5) is 0 Å². The lowest BCUT2D eigenvalue weighted by atomic mass is 10.5. The Morgan fingerprint density at radius 3 is 2.40 bits per heavy atom. The monoisotopic (exact) mass is 70.1 g/mol. The van der Waals surface area contributed by atoms with Crippen LogP contribution in [-0.4, -0.2) is 0 Å². The van der Waals surface area contributed by atoms with E-state index in [9.17, 15) is 0 Å². The molecule has 0 unspecified atom stereocenters. The number of nitrogens with one attached hydrogen (secondary N) is 1. The lowest BCUT2D eigenvalue weighted by Gasteiger charge is -1.64. The van der Waals surface area contributed by atoms with Crippen LogP contribution in [0.2, 0.25) is 0 Å². The highest BCUT2D eigenvalue weighted by Crippen LogP contribution is 1.70. The van der Waals surface area contributed by atoms with Gasteiger partial charge in [-0.05, 0) is 6.42 Å². The quantitative estimate of drug-likeness (QED) is 0.442. The second-order valence-electron chi connectivity index (χ2n) is 0.811. The van der Waals surface area contributed by atoms with Crippen molar-refractivity contribution in [2.75, 3.05) is 0 Å². The maximum Gasteiger partial charge on any atom is 0.0137 e. The van der Waals surface area contributed by atoms with Crippen LogP contribution in [0.3, 0.4) is 0 Å². The van der Waals surface area contributed by atoms with E-state index in [1.54, 1.807) is 6.08 Å². The van der Waals surface area contributed by atoms with E-state index in [0.29, 0.717) is 0 Å². The Morgan fingerprint density at radius 1 is 1.80 bits per heavy atom. The van der Waals surface area contributed by atoms with E-state index < -0.39 is 0 Å². The molecule has 5 heavy (non-hydrogen) atoms. The third-order valence-electron chi connectivity index (χ3n) is 0.354. The summed E-state index contributed by atoms with van der Waals surface area (Å²) in [5.41, 5.74) is 6.42. The Balaban J connectivity index is 2.62. The Hall–Kier alpha value is -0.460. The molecule has 0 fully saturated rings. The van der Waals surface area contributed by atoms with Gasteiger partial charge in [-0.25, -0.2) is 0 Å². The van der Waals surface area contributed by atoms with Crippen LogP contribution in [0.15, 0.2) is 12.3 Å². The van der Waals surface area contributed by atoms with Crippen molar-refractivity contribution in [1.29, 1.82) is 0 Å². The van der Waals surface area contributed by atoms with Crippen LogP contribution in [0, 0.1) is 0 Å². The van der Waals surface area contributed by atoms with Gasteiger partial charge in [-0.2, -0.15) is 0 Å². The number of hydrogen-bond acceptors (Lipinski definition) is 0. The molecule has 29 valence electrons. The molecule has 0 aliphatic carbocycles. The fraction of sp³-hybridized carbons (Fsp3) is 0.500.